The summed E-state index contributed by atoms with van der Waals surface area (Å²) in [6.45, 7) is 0.208. The lowest BCUT2D eigenvalue weighted by atomic mass is 10.2. The number of amides is 1. The van der Waals surface area contributed by atoms with Gasteiger partial charge in [0.2, 0.25) is 0 Å². The lowest BCUT2D eigenvalue weighted by Gasteiger charge is -2.17. The van der Waals surface area contributed by atoms with Crippen molar-refractivity contribution < 1.29 is 22.4 Å². The normalized spacial score (nSPS) is 11.3. The topological polar surface area (TPSA) is 33.2 Å². The fourth-order valence-corrected chi connectivity index (χ4v) is 1.84. The Labute approximate surface area is 124 Å². The molecule has 22 heavy (non-hydrogen) atoms. The molecule has 0 unspecified atom stereocenters. The van der Waals surface area contributed by atoms with Crippen LogP contribution in [0.2, 0.25) is 0 Å². The number of halogens is 4. The maximum absolute atomic E-state index is 12.8. The fraction of sp³-hybridized carbons (Fsp3) is 0.200. The van der Waals surface area contributed by atoms with Crippen molar-refractivity contribution in [3.8, 4) is 0 Å². The van der Waals surface area contributed by atoms with Gasteiger partial charge in [-0.1, -0.05) is 12.1 Å². The van der Waals surface area contributed by atoms with Crippen LogP contribution >= 0.6 is 0 Å². The SMILES string of the molecule is CN(Cc1ccc(F)cc1)C(=O)c1ccc(C(F)(F)F)nc1. The molecule has 1 aromatic carbocycles. The summed E-state index contributed by atoms with van der Waals surface area (Å²) in [5.74, 6) is -0.852. The predicted molar refractivity (Wildman–Crippen MR) is 71.4 cm³/mol. The summed E-state index contributed by atoms with van der Waals surface area (Å²) in [6, 6.07) is 7.45. The predicted octanol–water partition coefficient (Wildman–Crippen LogP) is 3.51. The van der Waals surface area contributed by atoms with Gasteiger partial charge in [-0.2, -0.15) is 13.2 Å². The minimum absolute atomic E-state index is 0.0533. The summed E-state index contributed by atoms with van der Waals surface area (Å²) in [5.41, 5.74) is -0.292. The smallest absolute Gasteiger partial charge is 0.337 e. The highest BCUT2D eigenvalue weighted by Gasteiger charge is 2.32. The molecule has 0 saturated carbocycles. The zero-order chi connectivity index (χ0) is 16.3. The van der Waals surface area contributed by atoms with Crippen LogP contribution in [-0.4, -0.2) is 22.8 Å². The molecule has 0 radical (unpaired) electrons. The number of nitrogens with zero attached hydrogens (tertiary/aromatic N) is 2. The van der Waals surface area contributed by atoms with Crippen LogP contribution < -0.4 is 0 Å². The molecule has 0 atom stereocenters. The Morgan fingerprint density at radius 3 is 2.27 bits per heavy atom. The Kier molecular flexibility index (Phi) is 4.44. The van der Waals surface area contributed by atoms with E-state index >= 15 is 0 Å². The van der Waals surface area contributed by atoms with Crippen molar-refractivity contribution in [3.63, 3.8) is 0 Å². The van der Waals surface area contributed by atoms with E-state index in [-0.39, 0.29) is 17.9 Å². The third-order valence-electron chi connectivity index (χ3n) is 2.98. The summed E-state index contributed by atoms with van der Waals surface area (Å²) in [6.07, 6.45) is -3.64. The van der Waals surface area contributed by atoms with Crippen molar-refractivity contribution in [2.24, 2.45) is 0 Å². The second-order valence-corrected chi connectivity index (χ2v) is 4.72. The van der Waals surface area contributed by atoms with Crippen LogP contribution in [0.4, 0.5) is 17.6 Å². The van der Waals surface area contributed by atoms with Gasteiger partial charge in [0.1, 0.15) is 11.5 Å². The summed E-state index contributed by atoms with van der Waals surface area (Å²) in [7, 11) is 1.50. The van der Waals surface area contributed by atoms with E-state index < -0.39 is 17.8 Å². The van der Waals surface area contributed by atoms with E-state index in [1.165, 1.54) is 36.2 Å². The number of carbonyl (C=O) groups excluding carboxylic acids is 1. The Hall–Kier alpha value is -2.44. The Morgan fingerprint density at radius 1 is 1.14 bits per heavy atom. The van der Waals surface area contributed by atoms with Gasteiger partial charge in [0, 0.05) is 19.8 Å². The van der Waals surface area contributed by atoms with Crippen LogP contribution in [0.25, 0.3) is 0 Å². The van der Waals surface area contributed by atoms with E-state index in [4.69, 9.17) is 0 Å². The molecule has 0 N–H and O–H groups in total. The number of carbonyl (C=O) groups is 1. The molecule has 2 rings (SSSR count). The molecule has 0 saturated heterocycles. The number of alkyl halides is 3. The molecule has 0 aliphatic heterocycles. The third kappa shape index (κ3) is 3.81. The van der Waals surface area contributed by atoms with Crippen LogP contribution in [0.3, 0.4) is 0 Å². The summed E-state index contributed by atoms with van der Waals surface area (Å²) >= 11 is 0. The summed E-state index contributed by atoms with van der Waals surface area (Å²) in [5, 5.41) is 0. The number of hydrogen-bond donors (Lipinski definition) is 0. The van der Waals surface area contributed by atoms with Crippen molar-refractivity contribution in [2.45, 2.75) is 12.7 Å². The van der Waals surface area contributed by atoms with E-state index in [1.54, 1.807) is 0 Å². The highest BCUT2D eigenvalue weighted by Crippen LogP contribution is 2.27. The van der Waals surface area contributed by atoms with E-state index in [1.807, 2.05) is 0 Å². The molecule has 1 amide bonds. The second-order valence-electron chi connectivity index (χ2n) is 4.72. The quantitative estimate of drug-likeness (QED) is 0.813. The molecule has 1 heterocycles. The highest BCUT2D eigenvalue weighted by molar-refractivity contribution is 5.93. The number of benzene rings is 1. The molecule has 3 nitrogen and oxygen atoms in total. The van der Waals surface area contributed by atoms with Crippen LogP contribution in [0.5, 0.6) is 0 Å². The van der Waals surface area contributed by atoms with Crippen molar-refractivity contribution in [2.75, 3.05) is 7.05 Å². The van der Waals surface area contributed by atoms with Gasteiger partial charge in [-0.3, -0.25) is 9.78 Å². The first-order valence-corrected chi connectivity index (χ1v) is 6.30. The van der Waals surface area contributed by atoms with Gasteiger partial charge >= 0.3 is 6.18 Å². The molecular formula is C15H12F4N2O. The zero-order valence-corrected chi connectivity index (χ0v) is 11.6. The largest absolute Gasteiger partial charge is 0.433 e. The van der Waals surface area contributed by atoms with Gasteiger partial charge in [0.05, 0.1) is 5.56 Å². The highest BCUT2D eigenvalue weighted by atomic mass is 19.4. The molecule has 0 bridgehead atoms. The molecule has 1 aromatic heterocycles. The van der Waals surface area contributed by atoms with Gasteiger partial charge < -0.3 is 4.90 Å². The molecule has 0 aliphatic rings. The molecule has 0 fully saturated rings. The maximum Gasteiger partial charge on any atom is 0.433 e. The Bertz CT molecular complexity index is 651. The molecule has 7 heteroatoms. The minimum Gasteiger partial charge on any atom is -0.337 e. The number of pyridine rings is 1. The lowest BCUT2D eigenvalue weighted by Crippen LogP contribution is -2.26. The first-order chi connectivity index (χ1) is 10.3. The van der Waals surface area contributed by atoms with Crippen LogP contribution in [-0.2, 0) is 12.7 Å². The average Bonchev–Trinajstić information content (AvgIpc) is 2.48. The Balaban J connectivity index is 2.08. The van der Waals surface area contributed by atoms with Crippen LogP contribution in [0, 0.1) is 5.82 Å². The van der Waals surface area contributed by atoms with E-state index in [0.717, 1.165) is 18.3 Å². The van der Waals surface area contributed by atoms with Crippen LogP contribution in [0.15, 0.2) is 42.6 Å². The Morgan fingerprint density at radius 2 is 1.77 bits per heavy atom. The number of rotatable bonds is 3. The minimum atomic E-state index is -4.54. The van der Waals surface area contributed by atoms with Crippen LogP contribution in [0.1, 0.15) is 21.6 Å². The fourth-order valence-electron chi connectivity index (χ4n) is 1.84. The summed E-state index contributed by atoms with van der Waals surface area (Å²) < 4.78 is 50.0. The van der Waals surface area contributed by atoms with E-state index in [2.05, 4.69) is 4.98 Å². The number of aromatic nitrogens is 1. The van der Waals surface area contributed by atoms with Gasteiger partial charge in [-0.15, -0.1) is 0 Å². The maximum atomic E-state index is 12.8. The standard InChI is InChI=1S/C15H12F4N2O/c1-21(9-10-2-5-12(16)6-3-10)14(22)11-4-7-13(20-8-11)15(17,18)19/h2-8H,9H2,1H3. The van der Waals surface area contributed by atoms with Gasteiger partial charge in [0.25, 0.3) is 5.91 Å². The summed E-state index contributed by atoms with van der Waals surface area (Å²) in [4.78, 5) is 16.7. The monoisotopic (exact) mass is 312 g/mol. The molecule has 0 aliphatic carbocycles. The third-order valence-corrected chi connectivity index (χ3v) is 2.98. The number of hydrogen-bond acceptors (Lipinski definition) is 2. The van der Waals surface area contributed by atoms with Crippen molar-refractivity contribution in [1.29, 1.82) is 0 Å². The van der Waals surface area contributed by atoms with Gasteiger partial charge in [-0.25, -0.2) is 4.39 Å². The first-order valence-electron chi connectivity index (χ1n) is 6.30. The molecule has 116 valence electrons. The van der Waals surface area contributed by atoms with Crippen molar-refractivity contribution in [1.82, 2.24) is 9.88 Å². The first kappa shape index (κ1) is 15.9. The van der Waals surface area contributed by atoms with Crippen molar-refractivity contribution >= 4 is 5.91 Å². The zero-order valence-electron chi connectivity index (χ0n) is 11.6. The molecular weight excluding hydrogens is 300 g/mol. The van der Waals surface area contributed by atoms with Gasteiger partial charge in [-0.05, 0) is 29.8 Å². The average molecular weight is 312 g/mol. The molecule has 0 spiro atoms. The second kappa shape index (κ2) is 6.13. The molecule has 2 aromatic rings. The van der Waals surface area contributed by atoms with Gasteiger partial charge in [0.15, 0.2) is 0 Å². The van der Waals surface area contributed by atoms with E-state index in [0.29, 0.717) is 5.56 Å². The van der Waals surface area contributed by atoms with E-state index in [9.17, 15) is 22.4 Å². The lowest BCUT2D eigenvalue weighted by molar-refractivity contribution is -0.141. The van der Waals surface area contributed by atoms with Crippen molar-refractivity contribution in [3.05, 3.63) is 65.2 Å².